The fourth-order valence-electron chi connectivity index (χ4n) is 1.26. The molecule has 1 aliphatic heterocycles. The zero-order chi connectivity index (χ0) is 8.48. The molecule has 2 atom stereocenters. The molecular formula is C8H14O3. The Morgan fingerprint density at radius 2 is 2.36 bits per heavy atom. The summed E-state index contributed by atoms with van der Waals surface area (Å²) in [6, 6.07) is 0. The summed E-state index contributed by atoms with van der Waals surface area (Å²) in [5, 5.41) is 0. The van der Waals surface area contributed by atoms with Crippen LogP contribution in [0.3, 0.4) is 0 Å². The van der Waals surface area contributed by atoms with Crippen LogP contribution >= 0.6 is 0 Å². The molecule has 1 fully saturated rings. The minimum atomic E-state index is -0.613. The Bertz CT molecular complexity index is 167. The van der Waals surface area contributed by atoms with Gasteiger partial charge in [-0.25, -0.2) is 0 Å². The van der Waals surface area contributed by atoms with Gasteiger partial charge in [-0.1, -0.05) is 0 Å². The lowest BCUT2D eigenvalue weighted by Crippen LogP contribution is -2.49. The molecule has 1 saturated heterocycles. The molecule has 0 amide bonds. The third-order valence-corrected chi connectivity index (χ3v) is 2.29. The van der Waals surface area contributed by atoms with Crippen molar-refractivity contribution in [2.24, 2.45) is 0 Å². The Labute approximate surface area is 66.7 Å². The van der Waals surface area contributed by atoms with Crippen LogP contribution in [-0.2, 0) is 14.3 Å². The predicted octanol–water partition coefficient (Wildman–Crippen LogP) is 0.769. The fraction of sp³-hybridized carbons (Fsp3) is 0.875. The summed E-state index contributed by atoms with van der Waals surface area (Å²) in [6.07, 6.45) is 0.348. The van der Waals surface area contributed by atoms with Crippen molar-refractivity contribution in [2.45, 2.75) is 32.0 Å². The number of Topliss-reactive ketones (excluding diaryl/α,β-unsaturated/α-hetero) is 1. The van der Waals surface area contributed by atoms with E-state index in [-0.39, 0.29) is 11.9 Å². The van der Waals surface area contributed by atoms with Gasteiger partial charge in [0.1, 0.15) is 11.7 Å². The number of rotatable bonds is 1. The van der Waals surface area contributed by atoms with E-state index in [1.165, 1.54) is 0 Å². The number of carbonyl (C=O) groups excluding carboxylic acids is 1. The minimum absolute atomic E-state index is 0.0475. The normalized spacial score (nSPS) is 39.2. The zero-order valence-electron chi connectivity index (χ0n) is 7.22. The second-order valence-corrected chi connectivity index (χ2v) is 3.06. The highest BCUT2D eigenvalue weighted by atomic mass is 16.5. The lowest BCUT2D eigenvalue weighted by Gasteiger charge is -2.33. The quantitative estimate of drug-likeness (QED) is 0.565. The van der Waals surface area contributed by atoms with E-state index in [1.807, 2.05) is 6.92 Å². The Balaban J connectivity index is 2.72. The van der Waals surface area contributed by atoms with Crippen molar-refractivity contribution >= 4 is 5.78 Å². The fourth-order valence-corrected chi connectivity index (χ4v) is 1.26. The van der Waals surface area contributed by atoms with Crippen molar-refractivity contribution in [3.8, 4) is 0 Å². The highest BCUT2D eigenvalue weighted by Crippen LogP contribution is 2.23. The van der Waals surface area contributed by atoms with Crippen molar-refractivity contribution in [1.82, 2.24) is 0 Å². The van der Waals surface area contributed by atoms with Gasteiger partial charge in [0.05, 0.1) is 6.61 Å². The van der Waals surface area contributed by atoms with Gasteiger partial charge in [-0.05, 0) is 13.8 Å². The van der Waals surface area contributed by atoms with Gasteiger partial charge in [-0.3, -0.25) is 4.79 Å². The van der Waals surface area contributed by atoms with Crippen LogP contribution in [0.4, 0.5) is 0 Å². The molecule has 1 heterocycles. The highest BCUT2D eigenvalue weighted by molar-refractivity contribution is 5.91. The van der Waals surface area contributed by atoms with Crippen LogP contribution in [0.1, 0.15) is 20.3 Å². The first-order chi connectivity index (χ1) is 5.10. The van der Waals surface area contributed by atoms with Crippen molar-refractivity contribution in [3.05, 3.63) is 0 Å². The van der Waals surface area contributed by atoms with Crippen LogP contribution in [0, 0.1) is 0 Å². The smallest absolute Gasteiger partial charge is 0.192 e. The van der Waals surface area contributed by atoms with E-state index in [1.54, 1.807) is 14.0 Å². The van der Waals surface area contributed by atoms with Gasteiger partial charge >= 0.3 is 0 Å². The molecule has 0 N–H and O–H groups in total. The van der Waals surface area contributed by atoms with Gasteiger partial charge in [-0.2, -0.15) is 0 Å². The number of ether oxygens (including phenoxy) is 2. The third-order valence-electron chi connectivity index (χ3n) is 2.29. The van der Waals surface area contributed by atoms with E-state index < -0.39 is 5.60 Å². The number of ketones is 1. The van der Waals surface area contributed by atoms with E-state index in [0.29, 0.717) is 13.0 Å². The summed E-state index contributed by atoms with van der Waals surface area (Å²) in [5.74, 6) is 0.0475. The van der Waals surface area contributed by atoms with Crippen LogP contribution in [-0.4, -0.2) is 31.2 Å². The molecule has 0 aromatic carbocycles. The summed E-state index contributed by atoms with van der Waals surface area (Å²) in [5.41, 5.74) is -0.613. The van der Waals surface area contributed by atoms with Gasteiger partial charge in [0.15, 0.2) is 5.78 Å². The lowest BCUT2D eigenvalue weighted by molar-refractivity contribution is -0.163. The lowest BCUT2D eigenvalue weighted by atomic mass is 9.91. The van der Waals surface area contributed by atoms with Crippen molar-refractivity contribution in [3.63, 3.8) is 0 Å². The van der Waals surface area contributed by atoms with Crippen LogP contribution in [0.15, 0.2) is 0 Å². The number of carbonyl (C=O) groups is 1. The second-order valence-electron chi connectivity index (χ2n) is 3.06. The molecule has 0 bridgehead atoms. The van der Waals surface area contributed by atoms with Gasteiger partial charge < -0.3 is 9.47 Å². The number of methoxy groups -OCH3 is 1. The monoisotopic (exact) mass is 158 g/mol. The number of hydrogen-bond donors (Lipinski definition) is 0. The van der Waals surface area contributed by atoms with E-state index in [4.69, 9.17) is 9.47 Å². The first kappa shape index (κ1) is 8.68. The molecule has 11 heavy (non-hydrogen) atoms. The van der Waals surface area contributed by atoms with E-state index >= 15 is 0 Å². The van der Waals surface area contributed by atoms with Crippen molar-refractivity contribution < 1.29 is 14.3 Å². The molecule has 64 valence electrons. The van der Waals surface area contributed by atoms with E-state index in [0.717, 1.165) is 0 Å². The summed E-state index contributed by atoms with van der Waals surface area (Å²) in [7, 11) is 1.57. The standard InChI is InChI=1S/C8H14O3/c1-6-7(9)8(2,10-3)4-5-11-6/h6H,4-5H2,1-3H3/t6-,8+/m0/s1. The molecule has 3 heteroatoms. The molecule has 1 rings (SSSR count). The summed E-state index contributed by atoms with van der Waals surface area (Å²) >= 11 is 0. The molecular weight excluding hydrogens is 144 g/mol. The van der Waals surface area contributed by atoms with Gasteiger partial charge in [0, 0.05) is 13.5 Å². The molecule has 0 saturated carbocycles. The average Bonchev–Trinajstić information content (AvgIpc) is 2.00. The van der Waals surface area contributed by atoms with E-state index in [9.17, 15) is 4.79 Å². The Morgan fingerprint density at radius 3 is 2.82 bits per heavy atom. The Hall–Kier alpha value is -0.410. The summed E-state index contributed by atoms with van der Waals surface area (Å²) < 4.78 is 10.3. The topological polar surface area (TPSA) is 35.5 Å². The molecule has 0 aliphatic carbocycles. The summed E-state index contributed by atoms with van der Waals surface area (Å²) in [4.78, 5) is 11.4. The maximum Gasteiger partial charge on any atom is 0.192 e. The average molecular weight is 158 g/mol. The van der Waals surface area contributed by atoms with E-state index in [2.05, 4.69) is 0 Å². The van der Waals surface area contributed by atoms with Gasteiger partial charge in [0.2, 0.25) is 0 Å². The van der Waals surface area contributed by atoms with Crippen LogP contribution in [0.25, 0.3) is 0 Å². The Kier molecular flexibility index (Phi) is 2.30. The van der Waals surface area contributed by atoms with Crippen molar-refractivity contribution in [2.75, 3.05) is 13.7 Å². The van der Waals surface area contributed by atoms with Crippen molar-refractivity contribution in [1.29, 1.82) is 0 Å². The van der Waals surface area contributed by atoms with Crippen LogP contribution < -0.4 is 0 Å². The first-order valence-electron chi connectivity index (χ1n) is 3.81. The zero-order valence-corrected chi connectivity index (χ0v) is 7.22. The minimum Gasteiger partial charge on any atom is -0.371 e. The Morgan fingerprint density at radius 1 is 1.73 bits per heavy atom. The summed E-state index contributed by atoms with van der Waals surface area (Å²) in [6.45, 7) is 4.18. The van der Waals surface area contributed by atoms with Crippen LogP contribution in [0.5, 0.6) is 0 Å². The second kappa shape index (κ2) is 2.91. The molecule has 3 nitrogen and oxygen atoms in total. The molecule has 0 spiro atoms. The highest BCUT2D eigenvalue weighted by Gasteiger charge is 2.39. The molecule has 1 aliphatic rings. The largest absolute Gasteiger partial charge is 0.371 e. The SMILES string of the molecule is CO[C@]1(C)CCO[C@@H](C)C1=O. The molecule has 0 aromatic rings. The van der Waals surface area contributed by atoms with Gasteiger partial charge in [0.25, 0.3) is 0 Å². The molecule has 0 radical (unpaired) electrons. The maximum absolute atomic E-state index is 11.4. The van der Waals surface area contributed by atoms with Gasteiger partial charge in [-0.15, -0.1) is 0 Å². The molecule has 0 aromatic heterocycles. The maximum atomic E-state index is 11.4. The molecule has 0 unspecified atom stereocenters. The predicted molar refractivity (Wildman–Crippen MR) is 40.5 cm³/mol. The third kappa shape index (κ3) is 1.44. The first-order valence-corrected chi connectivity index (χ1v) is 3.81. The number of hydrogen-bond acceptors (Lipinski definition) is 3. The van der Waals surface area contributed by atoms with Crippen LogP contribution in [0.2, 0.25) is 0 Å².